The first-order valence-corrected chi connectivity index (χ1v) is 10.6. The standard InChI is InChI=1S/C26H27NO6/c1-31-19-13-9-18(10-14-19)11-15-20-22(25(29)32-2)23(26(30)33-3)24(28)21(27-20)16-12-17-7-5-4-6-8-17/h4-10,13-14,28H,11-12,15-16H2,1-3H3. The van der Waals surface area contributed by atoms with Crippen LogP contribution in [0.5, 0.6) is 11.5 Å². The van der Waals surface area contributed by atoms with Crippen molar-refractivity contribution in [1.82, 2.24) is 4.98 Å². The van der Waals surface area contributed by atoms with Crippen LogP contribution in [0.2, 0.25) is 0 Å². The van der Waals surface area contributed by atoms with Crippen LogP contribution >= 0.6 is 0 Å². The number of carbonyl (C=O) groups is 2. The lowest BCUT2D eigenvalue weighted by molar-refractivity contribution is 0.0550. The Labute approximate surface area is 193 Å². The third-order valence-corrected chi connectivity index (χ3v) is 5.40. The number of aromatic nitrogens is 1. The van der Waals surface area contributed by atoms with Gasteiger partial charge in [-0.1, -0.05) is 42.5 Å². The number of pyridine rings is 1. The highest BCUT2D eigenvalue weighted by Gasteiger charge is 2.29. The van der Waals surface area contributed by atoms with Gasteiger partial charge < -0.3 is 19.3 Å². The zero-order chi connectivity index (χ0) is 23.8. The molecule has 0 aliphatic carbocycles. The third kappa shape index (κ3) is 5.68. The van der Waals surface area contributed by atoms with E-state index in [0.29, 0.717) is 37.1 Å². The maximum Gasteiger partial charge on any atom is 0.342 e. The van der Waals surface area contributed by atoms with Crippen molar-refractivity contribution in [2.75, 3.05) is 21.3 Å². The number of aryl methyl sites for hydroxylation is 4. The predicted molar refractivity (Wildman–Crippen MR) is 123 cm³/mol. The van der Waals surface area contributed by atoms with E-state index in [1.807, 2.05) is 54.6 Å². The van der Waals surface area contributed by atoms with Crippen molar-refractivity contribution in [3.8, 4) is 11.5 Å². The van der Waals surface area contributed by atoms with Gasteiger partial charge in [-0.2, -0.15) is 0 Å². The number of nitrogens with zero attached hydrogens (tertiary/aromatic N) is 1. The molecule has 0 spiro atoms. The molecule has 1 heterocycles. The first kappa shape index (κ1) is 23.8. The number of rotatable bonds is 9. The smallest absolute Gasteiger partial charge is 0.342 e. The topological polar surface area (TPSA) is 95.0 Å². The minimum Gasteiger partial charge on any atom is -0.505 e. The lowest BCUT2D eigenvalue weighted by Gasteiger charge is -2.16. The Bertz CT molecular complexity index is 1110. The molecule has 0 fully saturated rings. The van der Waals surface area contributed by atoms with Crippen molar-refractivity contribution in [3.63, 3.8) is 0 Å². The van der Waals surface area contributed by atoms with Gasteiger partial charge in [0.1, 0.15) is 11.3 Å². The molecule has 0 unspecified atom stereocenters. The number of esters is 2. The van der Waals surface area contributed by atoms with Gasteiger partial charge in [0.2, 0.25) is 0 Å². The molecule has 0 atom stereocenters. The zero-order valence-electron chi connectivity index (χ0n) is 19.0. The molecular formula is C26H27NO6. The van der Waals surface area contributed by atoms with Gasteiger partial charge in [-0.3, -0.25) is 4.98 Å². The van der Waals surface area contributed by atoms with E-state index >= 15 is 0 Å². The molecule has 0 radical (unpaired) electrons. The number of hydrogen-bond donors (Lipinski definition) is 1. The van der Waals surface area contributed by atoms with E-state index in [-0.39, 0.29) is 16.9 Å². The Hall–Kier alpha value is -3.87. The van der Waals surface area contributed by atoms with E-state index in [1.54, 1.807) is 7.11 Å². The van der Waals surface area contributed by atoms with Crippen LogP contribution in [0, 0.1) is 0 Å². The van der Waals surface area contributed by atoms with Gasteiger partial charge in [0.05, 0.1) is 38.3 Å². The minimum absolute atomic E-state index is 0.0705. The van der Waals surface area contributed by atoms with Crippen LogP contribution in [0.1, 0.15) is 43.2 Å². The summed E-state index contributed by atoms with van der Waals surface area (Å²) >= 11 is 0. The van der Waals surface area contributed by atoms with Crippen molar-refractivity contribution in [3.05, 3.63) is 88.2 Å². The quantitative estimate of drug-likeness (QED) is 0.495. The third-order valence-electron chi connectivity index (χ3n) is 5.40. The normalized spacial score (nSPS) is 10.5. The highest BCUT2D eigenvalue weighted by Crippen LogP contribution is 2.30. The van der Waals surface area contributed by atoms with Gasteiger partial charge in [0.15, 0.2) is 5.75 Å². The molecule has 3 rings (SSSR count). The molecule has 2 aromatic carbocycles. The molecule has 0 aliphatic heterocycles. The van der Waals surface area contributed by atoms with Crippen molar-refractivity contribution in [2.45, 2.75) is 25.7 Å². The summed E-state index contributed by atoms with van der Waals surface area (Å²) in [5, 5.41) is 10.9. The Morgan fingerprint density at radius 1 is 0.727 bits per heavy atom. The fourth-order valence-electron chi connectivity index (χ4n) is 3.62. The molecule has 0 bridgehead atoms. The Kier molecular flexibility index (Phi) is 8.02. The number of methoxy groups -OCH3 is 3. The summed E-state index contributed by atoms with van der Waals surface area (Å²) in [6, 6.07) is 17.3. The maximum atomic E-state index is 12.6. The maximum absolute atomic E-state index is 12.6. The van der Waals surface area contributed by atoms with Crippen LogP contribution in [0.15, 0.2) is 54.6 Å². The van der Waals surface area contributed by atoms with Gasteiger partial charge in [0.25, 0.3) is 0 Å². The molecule has 3 aromatic rings. The molecule has 7 nitrogen and oxygen atoms in total. The fourth-order valence-corrected chi connectivity index (χ4v) is 3.62. The molecule has 1 aromatic heterocycles. The van der Waals surface area contributed by atoms with Crippen LogP contribution in [-0.4, -0.2) is 43.4 Å². The Morgan fingerprint density at radius 2 is 1.27 bits per heavy atom. The second-order valence-corrected chi connectivity index (χ2v) is 7.42. The molecule has 0 amide bonds. The lowest BCUT2D eigenvalue weighted by atomic mass is 9.97. The molecular weight excluding hydrogens is 422 g/mol. The number of ether oxygens (including phenoxy) is 3. The van der Waals surface area contributed by atoms with Gasteiger partial charge >= 0.3 is 11.9 Å². The lowest BCUT2D eigenvalue weighted by Crippen LogP contribution is -2.19. The molecule has 1 N–H and O–H groups in total. The molecule has 172 valence electrons. The summed E-state index contributed by atoms with van der Waals surface area (Å²) in [7, 11) is 4.02. The van der Waals surface area contributed by atoms with Gasteiger partial charge in [0, 0.05) is 0 Å². The van der Waals surface area contributed by atoms with Crippen molar-refractivity contribution >= 4 is 11.9 Å². The van der Waals surface area contributed by atoms with E-state index in [9.17, 15) is 14.7 Å². The average molecular weight is 450 g/mol. The minimum atomic E-state index is -0.818. The van der Waals surface area contributed by atoms with Crippen molar-refractivity contribution < 1.29 is 28.9 Å². The highest BCUT2D eigenvalue weighted by molar-refractivity contribution is 6.06. The van der Waals surface area contributed by atoms with E-state index in [0.717, 1.165) is 16.9 Å². The van der Waals surface area contributed by atoms with Gasteiger partial charge in [-0.25, -0.2) is 9.59 Å². The summed E-state index contributed by atoms with van der Waals surface area (Å²) in [5.74, 6) is -1.18. The molecule has 33 heavy (non-hydrogen) atoms. The second-order valence-electron chi connectivity index (χ2n) is 7.42. The van der Waals surface area contributed by atoms with Gasteiger partial charge in [-0.05, 0) is 48.9 Å². The predicted octanol–water partition coefficient (Wildman–Crippen LogP) is 3.94. The van der Waals surface area contributed by atoms with Gasteiger partial charge in [-0.15, -0.1) is 0 Å². The van der Waals surface area contributed by atoms with E-state index < -0.39 is 11.9 Å². The number of hydrogen-bond acceptors (Lipinski definition) is 7. The van der Waals surface area contributed by atoms with Crippen molar-refractivity contribution in [2.24, 2.45) is 0 Å². The first-order chi connectivity index (χ1) is 16.0. The summed E-state index contributed by atoms with van der Waals surface area (Å²) < 4.78 is 15.0. The van der Waals surface area contributed by atoms with Crippen LogP contribution in [0.4, 0.5) is 0 Å². The summed E-state index contributed by atoms with van der Waals surface area (Å²) in [5.41, 5.74) is 2.49. The van der Waals surface area contributed by atoms with Crippen LogP contribution in [0.3, 0.4) is 0 Å². The molecule has 0 saturated heterocycles. The highest BCUT2D eigenvalue weighted by atomic mass is 16.5. The van der Waals surface area contributed by atoms with Crippen LogP contribution in [-0.2, 0) is 35.2 Å². The largest absolute Gasteiger partial charge is 0.505 e. The van der Waals surface area contributed by atoms with Crippen LogP contribution < -0.4 is 4.74 Å². The Balaban J connectivity index is 2.00. The SMILES string of the molecule is COC(=O)c1c(CCc2ccc(OC)cc2)nc(CCc2ccccc2)c(O)c1C(=O)OC. The first-order valence-electron chi connectivity index (χ1n) is 10.6. The summed E-state index contributed by atoms with van der Waals surface area (Å²) in [4.78, 5) is 29.8. The molecule has 0 aliphatic rings. The molecule has 7 heteroatoms. The zero-order valence-corrected chi connectivity index (χ0v) is 19.0. The molecule has 0 saturated carbocycles. The van der Waals surface area contributed by atoms with E-state index in [1.165, 1.54) is 14.2 Å². The second kappa shape index (κ2) is 11.1. The summed E-state index contributed by atoms with van der Waals surface area (Å²) in [6.07, 6.45) is 1.91. The van der Waals surface area contributed by atoms with E-state index in [2.05, 4.69) is 4.98 Å². The van der Waals surface area contributed by atoms with E-state index in [4.69, 9.17) is 14.2 Å². The summed E-state index contributed by atoms with van der Waals surface area (Å²) in [6.45, 7) is 0. The number of benzene rings is 2. The number of aromatic hydroxyl groups is 1. The Morgan fingerprint density at radius 3 is 1.85 bits per heavy atom. The number of carbonyl (C=O) groups excluding carboxylic acids is 2. The van der Waals surface area contributed by atoms with Crippen LogP contribution in [0.25, 0.3) is 0 Å². The van der Waals surface area contributed by atoms with Crippen molar-refractivity contribution in [1.29, 1.82) is 0 Å². The fraction of sp³-hybridized carbons (Fsp3) is 0.269. The average Bonchev–Trinajstić information content (AvgIpc) is 2.86. The monoisotopic (exact) mass is 449 g/mol.